The number of unbranched alkanes of at least 4 members (excludes halogenated alkanes) is 2. The summed E-state index contributed by atoms with van der Waals surface area (Å²) in [5.74, 6) is 9.75. The van der Waals surface area contributed by atoms with Gasteiger partial charge in [0.1, 0.15) is 28.6 Å². The molecule has 0 heterocycles. The smallest absolute Gasteiger partial charge is 0.366 e. The van der Waals surface area contributed by atoms with Gasteiger partial charge in [-0.2, -0.15) is 0 Å². The fourth-order valence-electron chi connectivity index (χ4n) is 10.3. The van der Waals surface area contributed by atoms with Crippen molar-refractivity contribution in [3.63, 3.8) is 0 Å². The van der Waals surface area contributed by atoms with Gasteiger partial charge in [0.05, 0.1) is 39.9 Å². The van der Waals surface area contributed by atoms with E-state index in [0.717, 1.165) is 47.9 Å². The molecular weight excluding hydrogens is 1880 g/mol. The first-order valence-corrected chi connectivity index (χ1v) is 34.6. The molecule has 0 saturated carbocycles. The molecule has 0 saturated heterocycles. The summed E-state index contributed by atoms with van der Waals surface area (Å²) in [6, 6.07) is 58.3. The maximum absolute atomic E-state index is 11.5. The Bertz CT molecular complexity index is 3350. The van der Waals surface area contributed by atoms with Crippen LogP contribution in [0.4, 0.5) is 16.8 Å². The van der Waals surface area contributed by atoms with Gasteiger partial charge in [-0.15, -0.1) is 70.8 Å². The van der Waals surface area contributed by atoms with Gasteiger partial charge in [0.2, 0.25) is 0 Å². The molecule has 2 atom stereocenters. The van der Waals surface area contributed by atoms with E-state index in [1.54, 1.807) is 0 Å². The van der Waals surface area contributed by atoms with Crippen molar-refractivity contribution >= 4 is 33.4 Å². The average molecular weight is 1950 g/mol. The molecule has 0 spiro atoms. The predicted molar refractivity (Wildman–Crippen MR) is 345 cm³/mol. The van der Waals surface area contributed by atoms with Crippen molar-refractivity contribution < 1.29 is 115 Å². The van der Waals surface area contributed by atoms with E-state index in [1.807, 2.05) is 56.7 Å². The Kier molecular flexibility index (Phi) is 35.7. The summed E-state index contributed by atoms with van der Waals surface area (Å²) in [5.41, 5.74) is 24.7. The quantitative estimate of drug-likeness (QED) is 0.0303. The Balaban J connectivity index is 0.000000269. The fourth-order valence-corrected chi connectivity index (χ4v) is 13.2. The van der Waals surface area contributed by atoms with E-state index in [2.05, 4.69) is 164 Å². The monoisotopic (exact) mass is 1950 g/mol. The first-order valence-electron chi connectivity index (χ1n) is 27.5. The van der Waals surface area contributed by atoms with Crippen molar-refractivity contribution in [1.82, 2.24) is 0 Å². The summed E-state index contributed by atoms with van der Waals surface area (Å²) in [7, 11) is -3.62. The van der Waals surface area contributed by atoms with E-state index in [0.29, 0.717) is 0 Å². The van der Waals surface area contributed by atoms with E-state index < -0.39 is 33.4 Å². The van der Waals surface area contributed by atoms with Crippen LogP contribution in [0.15, 0.2) is 170 Å². The molecule has 0 aromatic heterocycles. The normalized spacial score (nSPS) is 11.7. The Morgan fingerprint density at radius 2 is 0.570 bits per heavy atom. The Morgan fingerprint density at radius 3 is 0.872 bits per heavy atom. The van der Waals surface area contributed by atoms with E-state index in [4.69, 9.17) is 34.7 Å². The summed E-state index contributed by atoms with van der Waals surface area (Å²) < 4.78 is 56.5. The van der Waals surface area contributed by atoms with E-state index in [-0.39, 0.29) is 115 Å². The molecule has 12 rings (SSSR count). The van der Waals surface area contributed by atoms with Crippen LogP contribution in [0.1, 0.15) is 92.4 Å². The first-order chi connectivity index (χ1) is 39.9. The molecular formula is C72H68Au4F4O2P4+4. The maximum Gasteiger partial charge on any atom is 1.00 e. The van der Waals surface area contributed by atoms with E-state index in [1.165, 1.54) is 114 Å². The van der Waals surface area contributed by atoms with Gasteiger partial charge in [0, 0.05) is 0 Å². The van der Waals surface area contributed by atoms with Crippen molar-refractivity contribution in [3.05, 3.63) is 262 Å². The number of hydrogen-bond acceptors (Lipinski definition) is 2. The van der Waals surface area contributed by atoms with E-state index in [9.17, 15) is 16.8 Å². The molecule has 2 unspecified atom stereocenters. The molecule has 0 bridgehead atoms. The molecule has 0 N–H and O–H groups in total. The van der Waals surface area contributed by atoms with Crippen LogP contribution in [-0.4, -0.2) is 52.2 Å². The number of rotatable bonds is 12. The van der Waals surface area contributed by atoms with Crippen LogP contribution in [-0.2, 0) is 124 Å². The molecule has 0 aliphatic heterocycles. The molecule has 0 fully saturated rings. The summed E-state index contributed by atoms with van der Waals surface area (Å²) in [4.78, 5) is 0. The standard InChI is InChI=1S/4C15H9.C8H20O2P2.C4H8F4P2.4Au/c1-2-11-7-8-15-13(9-11)10-12-5-3-4-6-14(12)15;3*1-2-11-7-8-13-10-12-5-3-4-6-14(12)15(13)9-11;1-9-11(3)7-5-6-8-12(4)10-2;5-9(6)3-1-2-4-10(7)8;;;;/h4*3-9H,10H2;5-8H2,1-4H3;1-4H2;;;;/q4*-1;;;4*+1/p+4. The van der Waals surface area contributed by atoms with Crippen LogP contribution < -0.4 is 0 Å². The molecule has 0 amide bonds. The molecule has 8 aromatic rings. The molecule has 8 aromatic carbocycles. The minimum absolute atomic E-state index is 0. The second kappa shape index (κ2) is 40.1. The zero-order valence-corrected chi connectivity index (χ0v) is 60.9. The van der Waals surface area contributed by atoms with Crippen molar-refractivity contribution in [2.75, 3.05) is 52.2 Å². The maximum atomic E-state index is 11.5. The number of hydrogen-bond donors (Lipinski definition) is 0. The third-order valence-electron chi connectivity index (χ3n) is 14.8. The van der Waals surface area contributed by atoms with Gasteiger partial charge in [-0.25, -0.2) is 9.05 Å². The summed E-state index contributed by atoms with van der Waals surface area (Å²) in [5, 5.41) is 0. The molecule has 4 aliphatic carbocycles. The predicted octanol–water partition coefficient (Wildman–Crippen LogP) is 19.1. The summed E-state index contributed by atoms with van der Waals surface area (Å²) in [6.07, 6.45) is 38.0. The van der Waals surface area contributed by atoms with Crippen molar-refractivity contribution in [2.24, 2.45) is 0 Å². The number of benzene rings is 8. The van der Waals surface area contributed by atoms with Crippen LogP contribution in [0.25, 0.3) is 44.5 Å². The van der Waals surface area contributed by atoms with Gasteiger partial charge in [0.25, 0.3) is 0 Å². The number of fused-ring (bicyclic) bond motifs is 12. The molecule has 14 heteroatoms. The van der Waals surface area contributed by atoms with Crippen molar-refractivity contribution in [3.8, 4) is 68.2 Å². The summed E-state index contributed by atoms with van der Waals surface area (Å²) in [6.45, 7) is 4.44. The van der Waals surface area contributed by atoms with E-state index >= 15 is 0 Å². The largest absolute Gasteiger partial charge is 1.00 e. The molecule has 2 nitrogen and oxygen atoms in total. The third kappa shape index (κ3) is 22.4. The Morgan fingerprint density at radius 1 is 0.326 bits per heavy atom. The van der Waals surface area contributed by atoms with Crippen molar-refractivity contribution in [2.45, 2.75) is 51.4 Å². The van der Waals surface area contributed by atoms with Crippen LogP contribution in [0.3, 0.4) is 0 Å². The first kappa shape index (κ1) is 76.6. The average Bonchev–Trinajstić information content (AvgIpc) is 2.15. The SMILES string of the molecule is CO[PH+](C)CCCC[PH+](C)OC.F[PH+](F)CCCC[PH+](F)F.[Au+].[Au+].[Au+].[Au+].[C-]#Cc1ccc2c(c1)-c1ccccc1C2.[C-]#Cc1ccc2c(c1)-c1ccccc1C2.[C-]#Cc1ccc2c(c1)-c1ccccc1C2.[C-]#Cc1ccc2c(c1)Cc1ccccc1-2. The fraction of sp³-hybridized carbons (Fsp3) is 0.222. The molecule has 456 valence electrons. The van der Waals surface area contributed by atoms with Gasteiger partial charge < -0.3 is 25.7 Å². The minimum atomic E-state index is -3.17. The Labute approximate surface area is 577 Å². The second-order valence-corrected chi connectivity index (χ2v) is 27.2. The molecule has 86 heavy (non-hydrogen) atoms. The minimum Gasteiger partial charge on any atom is -0.366 e. The van der Waals surface area contributed by atoms with Gasteiger partial charge >= 0.3 is 107 Å². The van der Waals surface area contributed by atoms with Crippen LogP contribution in [0.5, 0.6) is 0 Å². The van der Waals surface area contributed by atoms with Gasteiger partial charge in [0.15, 0.2) is 0 Å². The van der Waals surface area contributed by atoms with Gasteiger partial charge in [-0.1, -0.05) is 127 Å². The Hall–Kier alpha value is -3.68. The van der Waals surface area contributed by atoms with Gasteiger partial charge in [-0.3, -0.25) is 23.7 Å². The summed E-state index contributed by atoms with van der Waals surface area (Å²) >= 11 is 0. The van der Waals surface area contributed by atoms with Crippen LogP contribution in [0.2, 0.25) is 0 Å². The third-order valence-corrected chi connectivity index (χ3v) is 19.7. The van der Waals surface area contributed by atoms with Crippen LogP contribution >= 0.6 is 33.4 Å². The molecule has 0 radical (unpaired) electrons. The van der Waals surface area contributed by atoms with Crippen LogP contribution in [0, 0.1) is 49.4 Å². The molecule has 4 aliphatic rings. The second-order valence-electron chi connectivity index (χ2n) is 20.2. The zero-order valence-electron chi connectivity index (χ0n) is 48.2. The topological polar surface area (TPSA) is 18.5 Å². The zero-order chi connectivity index (χ0) is 58.4. The van der Waals surface area contributed by atoms with Gasteiger partial charge in [-0.05, 0) is 152 Å². The van der Waals surface area contributed by atoms with Crippen molar-refractivity contribution in [1.29, 1.82) is 0 Å². The number of halogens is 4.